The molecular formula is C21H30O8. The molecule has 0 aromatic carbocycles. The first-order chi connectivity index (χ1) is 13.6. The van der Waals surface area contributed by atoms with Crippen LogP contribution in [0.1, 0.15) is 45.4 Å². The van der Waals surface area contributed by atoms with Gasteiger partial charge in [-0.2, -0.15) is 0 Å². The van der Waals surface area contributed by atoms with E-state index in [4.69, 9.17) is 9.47 Å². The summed E-state index contributed by atoms with van der Waals surface area (Å²) in [6.07, 6.45) is 1.50. The van der Waals surface area contributed by atoms with E-state index in [0.29, 0.717) is 12.8 Å². The Morgan fingerprint density at radius 1 is 0.862 bits per heavy atom. The molecule has 0 spiro atoms. The van der Waals surface area contributed by atoms with Crippen LogP contribution in [0, 0.1) is 0 Å². The predicted octanol–water partition coefficient (Wildman–Crippen LogP) is 2.82. The SMILES string of the molecule is C=C(C)CCCCC(CC(=O)OCC(=C)C(=O)OC)OC(=O)CC(=C)C(=O)OC. The van der Waals surface area contributed by atoms with E-state index in [2.05, 4.69) is 29.2 Å². The number of methoxy groups -OCH3 is 2. The average Bonchev–Trinajstić information content (AvgIpc) is 2.67. The number of carbonyl (C=O) groups excluding carboxylic acids is 4. The summed E-state index contributed by atoms with van der Waals surface area (Å²) in [6.45, 7) is 12.4. The van der Waals surface area contributed by atoms with Crippen molar-refractivity contribution in [3.8, 4) is 0 Å². The van der Waals surface area contributed by atoms with Crippen molar-refractivity contribution in [1.82, 2.24) is 0 Å². The third-order valence-electron chi connectivity index (χ3n) is 3.79. The summed E-state index contributed by atoms with van der Waals surface area (Å²) in [5, 5.41) is 0. The Bertz CT molecular complexity index is 647. The molecule has 0 aliphatic carbocycles. The molecule has 0 N–H and O–H groups in total. The maximum Gasteiger partial charge on any atom is 0.336 e. The lowest BCUT2D eigenvalue weighted by atomic mass is 10.1. The molecule has 0 bridgehead atoms. The van der Waals surface area contributed by atoms with Crippen molar-refractivity contribution >= 4 is 23.9 Å². The number of carbonyl (C=O) groups is 4. The van der Waals surface area contributed by atoms with Crippen LogP contribution < -0.4 is 0 Å². The second-order valence-electron chi connectivity index (χ2n) is 6.55. The van der Waals surface area contributed by atoms with Crippen LogP contribution in [0.3, 0.4) is 0 Å². The van der Waals surface area contributed by atoms with Gasteiger partial charge in [0.25, 0.3) is 0 Å². The number of hydrogen-bond acceptors (Lipinski definition) is 8. The molecule has 0 aliphatic rings. The fourth-order valence-corrected chi connectivity index (χ4v) is 2.24. The number of esters is 4. The highest BCUT2D eigenvalue weighted by Crippen LogP contribution is 2.15. The molecule has 0 fully saturated rings. The van der Waals surface area contributed by atoms with Gasteiger partial charge in [-0.1, -0.05) is 18.7 Å². The van der Waals surface area contributed by atoms with Crippen molar-refractivity contribution in [3.63, 3.8) is 0 Å². The van der Waals surface area contributed by atoms with E-state index in [1.807, 2.05) is 6.92 Å². The van der Waals surface area contributed by atoms with Gasteiger partial charge in [0.2, 0.25) is 0 Å². The van der Waals surface area contributed by atoms with Crippen LogP contribution in [-0.2, 0) is 38.1 Å². The van der Waals surface area contributed by atoms with Crippen LogP contribution in [0.4, 0.5) is 0 Å². The van der Waals surface area contributed by atoms with Gasteiger partial charge in [0.05, 0.1) is 32.6 Å². The minimum atomic E-state index is -0.739. The highest BCUT2D eigenvalue weighted by molar-refractivity contribution is 5.93. The van der Waals surface area contributed by atoms with E-state index >= 15 is 0 Å². The summed E-state index contributed by atoms with van der Waals surface area (Å²) in [7, 11) is 2.37. The number of allylic oxidation sites excluding steroid dienone is 1. The zero-order valence-corrected chi connectivity index (χ0v) is 17.4. The Labute approximate surface area is 171 Å². The van der Waals surface area contributed by atoms with Gasteiger partial charge >= 0.3 is 23.9 Å². The van der Waals surface area contributed by atoms with Gasteiger partial charge in [-0.25, -0.2) is 9.59 Å². The highest BCUT2D eigenvalue weighted by atomic mass is 16.6. The van der Waals surface area contributed by atoms with E-state index < -0.39 is 30.0 Å². The zero-order chi connectivity index (χ0) is 22.4. The molecule has 0 rings (SSSR count). The highest BCUT2D eigenvalue weighted by Gasteiger charge is 2.22. The van der Waals surface area contributed by atoms with Gasteiger partial charge in [-0.05, 0) is 32.6 Å². The maximum atomic E-state index is 12.1. The summed E-state index contributed by atoms with van der Waals surface area (Å²) < 4.78 is 19.3. The topological polar surface area (TPSA) is 105 Å². The second kappa shape index (κ2) is 14.1. The molecule has 8 nitrogen and oxygen atoms in total. The largest absolute Gasteiger partial charge is 0.466 e. The van der Waals surface area contributed by atoms with Crippen molar-refractivity contribution in [3.05, 3.63) is 36.5 Å². The van der Waals surface area contributed by atoms with Crippen LogP contribution in [0.2, 0.25) is 0 Å². The van der Waals surface area contributed by atoms with Crippen molar-refractivity contribution in [2.24, 2.45) is 0 Å². The van der Waals surface area contributed by atoms with Gasteiger partial charge in [0.15, 0.2) is 0 Å². The zero-order valence-electron chi connectivity index (χ0n) is 17.4. The van der Waals surface area contributed by atoms with E-state index in [0.717, 1.165) is 18.4 Å². The molecule has 29 heavy (non-hydrogen) atoms. The Balaban J connectivity index is 4.75. The standard InChI is InChI=1S/C21H30O8/c1-14(2)9-7-8-10-17(29-19(23)11-15(3)20(24)26-5)12-18(22)28-13-16(4)21(25)27-6/h17H,1,3-4,7-13H2,2,5-6H3. The maximum absolute atomic E-state index is 12.1. The lowest BCUT2D eigenvalue weighted by Crippen LogP contribution is -2.24. The Kier molecular flexibility index (Phi) is 12.7. The third-order valence-corrected chi connectivity index (χ3v) is 3.79. The lowest BCUT2D eigenvalue weighted by Gasteiger charge is -2.18. The van der Waals surface area contributed by atoms with Crippen molar-refractivity contribution in [2.45, 2.75) is 51.6 Å². The Morgan fingerprint density at radius 3 is 2.00 bits per heavy atom. The van der Waals surface area contributed by atoms with E-state index in [-0.39, 0.29) is 30.6 Å². The molecular weight excluding hydrogens is 380 g/mol. The first kappa shape index (κ1) is 26.1. The number of unbranched alkanes of at least 4 members (excludes halogenated alkanes) is 1. The average molecular weight is 410 g/mol. The molecule has 0 amide bonds. The van der Waals surface area contributed by atoms with Crippen LogP contribution in [0.25, 0.3) is 0 Å². The molecule has 0 radical (unpaired) electrons. The third kappa shape index (κ3) is 12.2. The quantitative estimate of drug-likeness (QED) is 0.142. The van der Waals surface area contributed by atoms with E-state index in [9.17, 15) is 19.2 Å². The first-order valence-corrected chi connectivity index (χ1v) is 9.12. The second-order valence-corrected chi connectivity index (χ2v) is 6.55. The molecule has 0 saturated heterocycles. The predicted molar refractivity (Wildman–Crippen MR) is 106 cm³/mol. The molecule has 1 atom stereocenters. The summed E-state index contributed by atoms with van der Waals surface area (Å²) in [6, 6.07) is 0. The Morgan fingerprint density at radius 2 is 1.45 bits per heavy atom. The monoisotopic (exact) mass is 410 g/mol. The number of ether oxygens (including phenoxy) is 4. The fourth-order valence-electron chi connectivity index (χ4n) is 2.24. The number of rotatable bonds is 14. The summed E-state index contributed by atoms with van der Waals surface area (Å²) in [5.74, 6) is -2.74. The van der Waals surface area contributed by atoms with Gasteiger partial charge in [0, 0.05) is 5.57 Å². The molecule has 0 heterocycles. The summed E-state index contributed by atoms with van der Waals surface area (Å²) >= 11 is 0. The smallest absolute Gasteiger partial charge is 0.336 e. The van der Waals surface area contributed by atoms with E-state index in [1.165, 1.54) is 14.2 Å². The van der Waals surface area contributed by atoms with Crippen molar-refractivity contribution in [2.75, 3.05) is 20.8 Å². The van der Waals surface area contributed by atoms with E-state index in [1.54, 1.807) is 0 Å². The van der Waals surface area contributed by atoms with Gasteiger partial charge in [-0.15, -0.1) is 6.58 Å². The van der Waals surface area contributed by atoms with Crippen LogP contribution in [-0.4, -0.2) is 50.8 Å². The Hall–Kier alpha value is -2.90. The molecule has 0 aromatic heterocycles. The molecule has 1 unspecified atom stereocenters. The number of hydrogen-bond donors (Lipinski definition) is 0. The van der Waals surface area contributed by atoms with Gasteiger partial charge in [0.1, 0.15) is 12.7 Å². The molecule has 0 saturated carbocycles. The summed E-state index contributed by atoms with van der Waals surface area (Å²) in [5.41, 5.74) is 0.981. The van der Waals surface area contributed by atoms with Crippen molar-refractivity contribution in [1.29, 1.82) is 0 Å². The minimum absolute atomic E-state index is 0.00905. The van der Waals surface area contributed by atoms with Crippen LogP contribution >= 0.6 is 0 Å². The molecule has 8 heteroatoms. The molecule has 0 aromatic rings. The molecule has 0 aliphatic heterocycles. The van der Waals surface area contributed by atoms with Crippen molar-refractivity contribution < 1.29 is 38.1 Å². The van der Waals surface area contributed by atoms with Crippen LogP contribution in [0.15, 0.2) is 36.5 Å². The fraction of sp³-hybridized carbons (Fsp3) is 0.524. The summed E-state index contributed by atoms with van der Waals surface area (Å²) in [4.78, 5) is 46.7. The normalized spacial score (nSPS) is 11.0. The van der Waals surface area contributed by atoms with Crippen LogP contribution in [0.5, 0.6) is 0 Å². The van der Waals surface area contributed by atoms with Gasteiger partial charge < -0.3 is 18.9 Å². The molecule has 162 valence electrons. The minimum Gasteiger partial charge on any atom is -0.466 e. The van der Waals surface area contributed by atoms with Gasteiger partial charge in [-0.3, -0.25) is 9.59 Å². The first-order valence-electron chi connectivity index (χ1n) is 9.12. The lowest BCUT2D eigenvalue weighted by molar-refractivity contribution is -0.155.